The number of halogens is 1. The molecule has 1 aromatic rings. The second-order valence-corrected chi connectivity index (χ2v) is 4.95. The van der Waals surface area contributed by atoms with E-state index >= 15 is 0 Å². The number of hydrogen-bond donors (Lipinski definition) is 2. The maximum absolute atomic E-state index is 13.4. The number of nitrogens with one attached hydrogen (secondary N) is 1. The quantitative estimate of drug-likeness (QED) is 0.884. The van der Waals surface area contributed by atoms with Crippen molar-refractivity contribution in [1.82, 2.24) is 0 Å². The van der Waals surface area contributed by atoms with Gasteiger partial charge in [-0.3, -0.25) is 5.32 Å². The molecule has 0 saturated carbocycles. The van der Waals surface area contributed by atoms with Crippen molar-refractivity contribution in [2.75, 3.05) is 11.9 Å². The molecule has 0 saturated heterocycles. The van der Waals surface area contributed by atoms with Crippen LogP contribution in [0.2, 0.25) is 0 Å². The number of ether oxygens (including phenoxy) is 1. The van der Waals surface area contributed by atoms with Crippen LogP contribution in [0.15, 0.2) is 24.3 Å². The van der Waals surface area contributed by atoms with E-state index in [1.807, 2.05) is 0 Å². The summed E-state index contributed by atoms with van der Waals surface area (Å²) in [6.07, 6.45) is 2.25. The Morgan fingerprint density at radius 2 is 2.16 bits per heavy atom. The minimum atomic E-state index is -0.601. The maximum atomic E-state index is 13.4. The van der Waals surface area contributed by atoms with Crippen LogP contribution in [-0.4, -0.2) is 23.4 Å². The summed E-state index contributed by atoms with van der Waals surface area (Å²) in [5.41, 5.74) is 0.111. The Hall–Kier alpha value is -1.88. The van der Waals surface area contributed by atoms with Crippen LogP contribution in [0.1, 0.15) is 26.3 Å². The summed E-state index contributed by atoms with van der Waals surface area (Å²) < 4.78 is 18.5. The van der Waals surface area contributed by atoms with Crippen molar-refractivity contribution in [3.63, 3.8) is 0 Å². The van der Waals surface area contributed by atoms with Gasteiger partial charge in [0.1, 0.15) is 11.4 Å². The number of hydrogen-bond acceptors (Lipinski definition) is 3. The molecule has 0 radical (unpaired) electrons. The summed E-state index contributed by atoms with van der Waals surface area (Å²) >= 11 is 0. The highest BCUT2D eigenvalue weighted by atomic mass is 19.1. The minimum Gasteiger partial charge on any atom is -0.444 e. The molecule has 4 nitrogen and oxygen atoms in total. The second-order valence-electron chi connectivity index (χ2n) is 4.95. The number of anilines is 1. The van der Waals surface area contributed by atoms with Crippen LogP contribution < -0.4 is 5.32 Å². The maximum Gasteiger partial charge on any atom is 0.412 e. The fourth-order valence-corrected chi connectivity index (χ4v) is 1.35. The van der Waals surface area contributed by atoms with Gasteiger partial charge in [-0.25, -0.2) is 9.18 Å². The van der Waals surface area contributed by atoms with Crippen LogP contribution in [-0.2, 0) is 4.74 Å². The summed E-state index contributed by atoms with van der Waals surface area (Å²) in [5.74, 6) is -0.431. The van der Waals surface area contributed by atoms with E-state index in [9.17, 15) is 9.18 Å². The lowest BCUT2D eigenvalue weighted by molar-refractivity contribution is 0.0636. The van der Waals surface area contributed by atoms with Crippen LogP contribution in [0.4, 0.5) is 14.9 Å². The van der Waals surface area contributed by atoms with Crippen molar-refractivity contribution in [3.8, 4) is 0 Å². The molecule has 0 heterocycles. The molecule has 1 aromatic carbocycles. The molecule has 5 heteroatoms. The van der Waals surface area contributed by atoms with Gasteiger partial charge in [0, 0.05) is 11.3 Å². The van der Waals surface area contributed by atoms with Gasteiger partial charge in [0.2, 0.25) is 0 Å². The van der Waals surface area contributed by atoms with E-state index in [-0.39, 0.29) is 12.2 Å². The Morgan fingerprint density at radius 1 is 1.47 bits per heavy atom. The topological polar surface area (TPSA) is 58.6 Å². The lowest BCUT2D eigenvalue weighted by Crippen LogP contribution is -2.27. The molecular formula is C14H18FNO3. The van der Waals surface area contributed by atoms with Crippen LogP contribution >= 0.6 is 0 Å². The van der Waals surface area contributed by atoms with Gasteiger partial charge in [0.15, 0.2) is 0 Å². The predicted octanol–water partition coefficient (Wildman–Crippen LogP) is 3.18. The highest BCUT2D eigenvalue weighted by Gasteiger charge is 2.16. The van der Waals surface area contributed by atoms with Gasteiger partial charge in [-0.15, -0.1) is 0 Å². The van der Waals surface area contributed by atoms with Crippen molar-refractivity contribution in [2.45, 2.75) is 26.4 Å². The number of carbonyl (C=O) groups excluding carboxylic acids is 1. The Morgan fingerprint density at radius 3 is 2.74 bits per heavy atom. The van der Waals surface area contributed by atoms with Gasteiger partial charge in [-0.2, -0.15) is 0 Å². The van der Waals surface area contributed by atoms with E-state index < -0.39 is 17.5 Å². The van der Waals surface area contributed by atoms with Crippen LogP contribution in [0.5, 0.6) is 0 Å². The lowest BCUT2D eigenvalue weighted by atomic mass is 10.1. The van der Waals surface area contributed by atoms with Gasteiger partial charge < -0.3 is 9.84 Å². The Bertz CT molecular complexity index is 478. The zero-order chi connectivity index (χ0) is 14.5. The molecule has 104 valence electrons. The lowest BCUT2D eigenvalue weighted by Gasteiger charge is -2.19. The highest BCUT2D eigenvalue weighted by molar-refractivity contribution is 5.85. The van der Waals surface area contributed by atoms with Gasteiger partial charge in [0.05, 0.1) is 6.61 Å². The van der Waals surface area contributed by atoms with Gasteiger partial charge in [0.25, 0.3) is 0 Å². The van der Waals surface area contributed by atoms with E-state index in [4.69, 9.17) is 9.84 Å². The zero-order valence-electron chi connectivity index (χ0n) is 11.2. The molecular weight excluding hydrogens is 249 g/mol. The fourth-order valence-electron chi connectivity index (χ4n) is 1.35. The van der Waals surface area contributed by atoms with Crippen molar-refractivity contribution >= 4 is 17.9 Å². The SMILES string of the molecule is CC(C)(C)OC(=O)Nc1ccc(F)c(/C=C/CO)c1. The first-order valence-electron chi connectivity index (χ1n) is 5.89. The van der Waals surface area contributed by atoms with Gasteiger partial charge >= 0.3 is 6.09 Å². The van der Waals surface area contributed by atoms with E-state index in [1.54, 1.807) is 20.8 Å². The third-order valence-corrected chi connectivity index (χ3v) is 2.04. The number of aliphatic hydroxyl groups is 1. The minimum absolute atomic E-state index is 0.177. The number of aliphatic hydroxyl groups excluding tert-OH is 1. The smallest absolute Gasteiger partial charge is 0.412 e. The van der Waals surface area contributed by atoms with Crippen molar-refractivity contribution in [3.05, 3.63) is 35.7 Å². The number of benzene rings is 1. The largest absolute Gasteiger partial charge is 0.444 e. The molecule has 0 aromatic heterocycles. The predicted molar refractivity (Wildman–Crippen MR) is 72.4 cm³/mol. The average molecular weight is 267 g/mol. The van der Waals surface area contributed by atoms with E-state index in [1.165, 1.54) is 30.4 Å². The highest BCUT2D eigenvalue weighted by Crippen LogP contribution is 2.17. The summed E-state index contributed by atoms with van der Waals surface area (Å²) in [7, 11) is 0. The normalized spacial score (nSPS) is 11.6. The molecule has 0 fully saturated rings. The first kappa shape index (κ1) is 15.2. The second kappa shape index (κ2) is 6.33. The molecule has 2 N–H and O–H groups in total. The molecule has 1 amide bonds. The standard InChI is InChI=1S/C14H18FNO3/c1-14(2,3)19-13(18)16-11-6-7-12(15)10(9-11)5-4-8-17/h4-7,9,17H,8H2,1-3H3,(H,16,18)/b5-4+. The number of rotatable bonds is 3. The summed E-state index contributed by atoms with van der Waals surface area (Å²) in [6, 6.07) is 4.14. The van der Waals surface area contributed by atoms with Crippen molar-refractivity contribution in [2.24, 2.45) is 0 Å². The van der Waals surface area contributed by atoms with E-state index in [0.29, 0.717) is 5.69 Å². The Kier molecular flexibility index (Phi) is 5.06. The molecule has 0 aliphatic carbocycles. The summed E-state index contributed by atoms with van der Waals surface area (Å²) in [4.78, 5) is 11.6. The number of amides is 1. The molecule has 1 rings (SSSR count). The number of carbonyl (C=O) groups is 1. The Labute approximate surface area is 111 Å². The van der Waals surface area contributed by atoms with E-state index in [2.05, 4.69) is 5.32 Å². The van der Waals surface area contributed by atoms with Crippen molar-refractivity contribution < 1.29 is 19.0 Å². The molecule has 0 spiro atoms. The average Bonchev–Trinajstić information content (AvgIpc) is 2.27. The fraction of sp³-hybridized carbons (Fsp3) is 0.357. The molecule has 0 bridgehead atoms. The van der Waals surface area contributed by atoms with Gasteiger partial charge in [-0.1, -0.05) is 12.2 Å². The molecule has 19 heavy (non-hydrogen) atoms. The summed E-state index contributed by atoms with van der Waals surface area (Å²) in [6.45, 7) is 5.09. The third kappa shape index (κ3) is 5.52. The molecule has 0 unspecified atom stereocenters. The third-order valence-electron chi connectivity index (χ3n) is 2.04. The first-order valence-corrected chi connectivity index (χ1v) is 5.89. The summed E-state index contributed by atoms with van der Waals surface area (Å²) in [5, 5.41) is 11.2. The van der Waals surface area contributed by atoms with Crippen LogP contribution in [0, 0.1) is 5.82 Å². The monoisotopic (exact) mass is 267 g/mol. The van der Waals surface area contributed by atoms with Crippen LogP contribution in [0.25, 0.3) is 6.08 Å². The first-order chi connectivity index (χ1) is 8.81. The van der Waals surface area contributed by atoms with Crippen LogP contribution in [0.3, 0.4) is 0 Å². The Balaban J connectivity index is 2.80. The zero-order valence-corrected chi connectivity index (χ0v) is 11.2. The van der Waals surface area contributed by atoms with E-state index in [0.717, 1.165) is 0 Å². The van der Waals surface area contributed by atoms with Gasteiger partial charge in [-0.05, 0) is 39.0 Å². The molecule has 0 atom stereocenters. The molecule has 0 aliphatic heterocycles. The van der Waals surface area contributed by atoms with Crippen molar-refractivity contribution in [1.29, 1.82) is 0 Å². The molecule has 0 aliphatic rings.